The van der Waals surface area contributed by atoms with E-state index in [0.717, 1.165) is 30.8 Å². The molecule has 4 rings (SSSR count). The van der Waals surface area contributed by atoms with Gasteiger partial charge in [0.25, 0.3) is 0 Å². The second-order valence-corrected chi connectivity index (χ2v) is 6.61. The van der Waals surface area contributed by atoms with Crippen molar-refractivity contribution in [2.45, 2.75) is 24.9 Å². The molecule has 10 heteroatoms. The molecule has 0 spiro atoms. The lowest BCUT2D eigenvalue weighted by Gasteiger charge is -2.09. The van der Waals surface area contributed by atoms with Crippen LogP contribution in [0.2, 0.25) is 0 Å². The summed E-state index contributed by atoms with van der Waals surface area (Å²) < 4.78 is 38.3. The van der Waals surface area contributed by atoms with E-state index in [1.807, 2.05) is 17.6 Å². The van der Waals surface area contributed by atoms with Crippen LogP contribution in [0, 0.1) is 0 Å². The second-order valence-electron chi connectivity index (χ2n) is 6.61. The zero-order valence-electron chi connectivity index (χ0n) is 14.9. The monoisotopic (exact) mass is 400 g/mol. The first-order valence-electron chi connectivity index (χ1n) is 8.75. The standard InChI is InChI=1S/C19H15F3N6O/c20-19(21,22)16-6-4-12(9-25-16)15-7-14(26-17(27-15)18(29)28-23)11-3-5-13(24-8-11)10-1-2-10/h3-10H,1-2,23H2,(H,28,29). The minimum Gasteiger partial charge on any atom is -0.287 e. The van der Waals surface area contributed by atoms with E-state index in [0.29, 0.717) is 22.7 Å². The Balaban J connectivity index is 1.75. The van der Waals surface area contributed by atoms with E-state index in [-0.39, 0.29) is 11.5 Å². The number of pyridine rings is 2. The van der Waals surface area contributed by atoms with Crippen molar-refractivity contribution in [3.05, 3.63) is 59.9 Å². The summed E-state index contributed by atoms with van der Waals surface area (Å²) >= 11 is 0. The number of nitrogens with zero attached hydrogens (tertiary/aromatic N) is 4. The zero-order chi connectivity index (χ0) is 20.6. The van der Waals surface area contributed by atoms with Gasteiger partial charge in [-0.1, -0.05) is 0 Å². The summed E-state index contributed by atoms with van der Waals surface area (Å²) in [6.07, 6.45) is 0.384. The van der Waals surface area contributed by atoms with Gasteiger partial charge < -0.3 is 0 Å². The third kappa shape index (κ3) is 4.06. The summed E-state index contributed by atoms with van der Waals surface area (Å²) in [5, 5.41) is 0. The van der Waals surface area contributed by atoms with Gasteiger partial charge in [0, 0.05) is 35.1 Å². The maximum absolute atomic E-state index is 12.8. The first kappa shape index (κ1) is 18.9. The summed E-state index contributed by atoms with van der Waals surface area (Å²) in [7, 11) is 0. The molecule has 1 saturated carbocycles. The van der Waals surface area contributed by atoms with E-state index in [2.05, 4.69) is 19.9 Å². The number of rotatable bonds is 4. The molecule has 0 saturated heterocycles. The molecule has 1 fully saturated rings. The van der Waals surface area contributed by atoms with E-state index in [1.54, 1.807) is 12.3 Å². The predicted octanol–water partition coefficient (Wildman–Crippen LogP) is 3.10. The summed E-state index contributed by atoms with van der Waals surface area (Å²) in [6.45, 7) is 0. The minimum atomic E-state index is -4.55. The molecular weight excluding hydrogens is 385 g/mol. The Hall–Kier alpha value is -3.40. The highest BCUT2D eigenvalue weighted by Gasteiger charge is 2.32. The van der Waals surface area contributed by atoms with Gasteiger partial charge in [0.15, 0.2) is 0 Å². The summed E-state index contributed by atoms with van der Waals surface area (Å²) in [4.78, 5) is 28.2. The van der Waals surface area contributed by atoms with Gasteiger partial charge in [-0.25, -0.2) is 15.8 Å². The number of carbonyl (C=O) groups excluding carboxylic acids is 1. The molecule has 0 bridgehead atoms. The summed E-state index contributed by atoms with van der Waals surface area (Å²) in [5.74, 6) is 4.73. The predicted molar refractivity (Wildman–Crippen MR) is 97.1 cm³/mol. The maximum Gasteiger partial charge on any atom is 0.433 e. The Bertz CT molecular complexity index is 1050. The van der Waals surface area contributed by atoms with Crippen molar-refractivity contribution in [2.24, 2.45) is 5.84 Å². The van der Waals surface area contributed by atoms with E-state index < -0.39 is 17.8 Å². The molecule has 3 heterocycles. The normalized spacial score (nSPS) is 13.9. The first-order valence-corrected chi connectivity index (χ1v) is 8.75. The fraction of sp³-hybridized carbons (Fsp3) is 0.211. The van der Waals surface area contributed by atoms with Crippen LogP contribution in [0.4, 0.5) is 13.2 Å². The quantitative estimate of drug-likeness (QED) is 0.396. The van der Waals surface area contributed by atoms with E-state index in [4.69, 9.17) is 5.84 Å². The van der Waals surface area contributed by atoms with Crippen molar-refractivity contribution in [2.75, 3.05) is 0 Å². The summed E-state index contributed by atoms with van der Waals surface area (Å²) in [6, 6.07) is 7.39. The molecule has 1 aliphatic carbocycles. The Morgan fingerprint density at radius 1 is 1.00 bits per heavy atom. The first-order chi connectivity index (χ1) is 13.8. The molecule has 0 atom stereocenters. The number of hydrogen-bond donors (Lipinski definition) is 2. The highest BCUT2D eigenvalue weighted by Crippen LogP contribution is 2.39. The number of hydrogen-bond acceptors (Lipinski definition) is 6. The summed E-state index contributed by atoms with van der Waals surface area (Å²) in [5.41, 5.74) is 3.51. The molecule has 7 nitrogen and oxygen atoms in total. The van der Waals surface area contributed by atoms with Crippen LogP contribution in [0.15, 0.2) is 42.7 Å². The highest BCUT2D eigenvalue weighted by molar-refractivity contribution is 5.91. The average molecular weight is 400 g/mol. The number of halogens is 3. The van der Waals surface area contributed by atoms with Gasteiger partial charge >= 0.3 is 12.1 Å². The molecule has 0 aromatic carbocycles. The van der Waals surface area contributed by atoms with Gasteiger partial charge in [-0.05, 0) is 43.2 Å². The van der Waals surface area contributed by atoms with Crippen LogP contribution < -0.4 is 11.3 Å². The molecule has 3 N–H and O–H groups in total. The van der Waals surface area contributed by atoms with E-state index in [1.165, 1.54) is 6.07 Å². The molecule has 3 aromatic rings. The van der Waals surface area contributed by atoms with Crippen molar-refractivity contribution in [3.63, 3.8) is 0 Å². The maximum atomic E-state index is 12.8. The highest BCUT2D eigenvalue weighted by atomic mass is 19.4. The van der Waals surface area contributed by atoms with Crippen LogP contribution >= 0.6 is 0 Å². The van der Waals surface area contributed by atoms with Gasteiger partial charge in [-0.15, -0.1) is 0 Å². The molecular formula is C19H15F3N6O. The topological polar surface area (TPSA) is 107 Å². The minimum absolute atomic E-state index is 0.217. The van der Waals surface area contributed by atoms with Crippen LogP contribution in [0.1, 0.15) is 40.8 Å². The molecule has 0 radical (unpaired) electrons. The third-order valence-electron chi connectivity index (χ3n) is 4.49. The smallest absolute Gasteiger partial charge is 0.287 e. The number of amides is 1. The fourth-order valence-corrected chi connectivity index (χ4v) is 2.80. The van der Waals surface area contributed by atoms with Crippen LogP contribution in [0.25, 0.3) is 22.5 Å². The van der Waals surface area contributed by atoms with Crippen molar-refractivity contribution >= 4 is 5.91 Å². The van der Waals surface area contributed by atoms with Crippen molar-refractivity contribution in [1.29, 1.82) is 0 Å². The number of nitrogen functional groups attached to an aromatic ring is 1. The number of alkyl halides is 3. The Morgan fingerprint density at radius 2 is 1.62 bits per heavy atom. The molecule has 1 aliphatic rings. The lowest BCUT2D eigenvalue weighted by molar-refractivity contribution is -0.141. The Kier molecular flexibility index (Phi) is 4.71. The van der Waals surface area contributed by atoms with Gasteiger partial charge in [0.2, 0.25) is 5.82 Å². The largest absolute Gasteiger partial charge is 0.433 e. The Labute approximate surface area is 163 Å². The number of nitrogens with two attached hydrogens (primary N) is 1. The second kappa shape index (κ2) is 7.21. The van der Waals surface area contributed by atoms with Crippen molar-refractivity contribution in [1.82, 2.24) is 25.4 Å². The van der Waals surface area contributed by atoms with Crippen LogP contribution in [0.5, 0.6) is 0 Å². The fourth-order valence-electron chi connectivity index (χ4n) is 2.80. The van der Waals surface area contributed by atoms with Crippen LogP contribution in [-0.2, 0) is 6.18 Å². The van der Waals surface area contributed by atoms with Gasteiger partial charge in [0.1, 0.15) is 5.69 Å². The zero-order valence-corrected chi connectivity index (χ0v) is 14.9. The lowest BCUT2D eigenvalue weighted by Crippen LogP contribution is -2.31. The molecule has 3 aromatic heterocycles. The van der Waals surface area contributed by atoms with E-state index in [9.17, 15) is 18.0 Å². The van der Waals surface area contributed by atoms with E-state index >= 15 is 0 Å². The SMILES string of the molecule is NNC(=O)c1nc(-c2ccc(C3CC3)nc2)cc(-c2ccc(C(F)(F)F)nc2)n1. The average Bonchev–Trinajstić information content (AvgIpc) is 3.58. The van der Waals surface area contributed by atoms with Crippen molar-refractivity contribution in [3.8, 4) is 22.5 Å². The number of carbonyl (C=O) groups is 1. The lowest BCUT2D eigenvalue weighted by atomic mass is 10.1. The van der Waals surface area contributed by atoms with Crippen LogP contribution in [0.3, 0.4) is 0 Å². The third-order valence-corrected chi connectivity index (χ3v) is 4.49. The number of aromatic nitrogens is 4. The molecule has 29 heavy (non-hydrogen) atoms. The molecule has 148 valence electrons. The number of hydrazine groups is 1. The van der Waals surface area contributed by atoms with Gasteiger partial charge in [-0.2, -0.15) is 13.2 Å². The molecule has 0 aliphatic heterocycles. The van der Waals surface area contributed by atoms with Crippen molar-refractivity contribution < 1.29 is 18.0 Å². The van der Waals surface area contributed by atoms with Gasteiger partial charge in [-0.3, -0.25) is 20.2 Å². The van der Waals surface area contributed by atoms with Gasteiger partial charge in [0.05, 0.1) is 11.4 Å². The molecule has 1 amide bonds. The number of nitrogens with one attached hydrogen (secondary N) is 1. The van der Waals surface area contributed by atoms with Crippen LogP contribution in [-0.4, -0.2) is 25.8 Å². The molecule has 0 unspecified atom stereocenters. The Morgan fingerprint density at radius 3 is 2.07 bits per heavy atom.